The molecular weight excluding hydrogens is 237 g/mol. The first-order valence-corrected chi connectivity index (χ1v) is 5.21. The molecule has 0 saturated carbocycles. The van der Waals surface area contributed by atoms with Crippen LogP contribution in [0.1, 0.15) is 5.56 Å². The number of methoxy groups -OCH3 is 1. The fraction of sp³-hybridized carbons (Fsp3) is 0.300. The number of hydrogen-bond donors (Lipinski definition) is 1. The molecule has 0 aliphatic heterocycles. The number of carbonyl (C=O) groups excluding carboxylic acids is 1. The van der Waals surface area contributed by atoms with Gasteiger partial charge in [-0.2, -0.15) is 0 Å². The van der Waals surface area contributed by atoms with Crippen LogP contribution in [0.2, 0.25) is 10.0 Å². The molecule has 0 atom stereocenters. The van der Waals surface area contributed by atoms with Gasteiger partial charge in [0.25, 0.3) is 0 Å². The SMILES string of the molecule is COC(=O)C[NH2+]Cc1ccc(Cl)c(Cl)c1. The monoisotopic (exact) mass is 248 g/mol. The molecule has 0 bridgehead atoms. The number of halogens is 2. The van der Waals surface area contributed by atoms with Crippen LogP contribution in [-0.4, -0.2) is 19.6 Å². The maximum Gasteiger partial charge on any atom is 0.361 e. The Bertz CT molecular complexity index is 355. The highest BCUT2D eigenvalue weighted by Crippen LogP contribution is 2.21. The van der Waals surface area contributed by atoms with Crippen molar-refractivity contribution >= 4 is 29.2 Å². The Hall–Kier alpha value is -0.770. The second kappa shape index (κ2) is 5.95. The summed E-state index contributed by atoms with van der Waals surface area (Å²) in [4.78, 5) is 10.8. The summed E-state index contributed by atoms with van der Waals surface area (Å²) >= 11 is 11.6. The van der Waals surface area contributed by atoms with Gasteiger partial charge in [-0.05, 0) is 12.1 Å². The lowest BCUT2D eigenvalue weighted by Crippen LogP contribution is -2.84. The second-order valence-electron chi connectivity index (χ2n) is 3.02. The van der Waals surface area contributed by atoms with Gasteiger partial charge in [0.1, 0.15) is 6.54 Å². The normalized spacial score (nSPS) is 10.1. The summed E-state index contributed by atoms with van der Waals surface area (Å²) in [5.74, 6) is -0.241. The van der Waals surface area contributed by atoms with E-state index in [1.807, 2.05) is 11.4 Å². The molecule has 1 aromatic carbocycles. The second-order valence-corrected chi connectivity index (χ2v) is 3.84. The van der Waals surface area contributed by atoms with E-state index in [1.165, 1.54) is 7.11 Å². The minimum absolute atomic E-state index is 0.241. The van der Waals surface area contributed by atoms with E-state index < -0.39 is 0 Å². The molecule has 1 aromatic rings. The van der Waals surface area contributed by atoms with Crippen molar-refractivity contribution in [3.8, 4) is 0 Å². The summed E-state index contributed by atoms with van der Waals surface area (Å²) < 4.78 is 4.51. The topological polar surface area (TPSA) is 42.9 Å². The van der Waals surface area contributed by atoms with E-state index in [9.17, 15) is 4.79 Å². The molecule has 0 aliphatic rings. The largest absolute Gasteiger partial charge is 0.465 e. The van der Waals surface area contributed by atoms with Crippen LogP contribution < -0.4 is 5.32 Å². The van der Waals surface area contributed by atoms with Crippen LogP contribution in [0.4, 0.5) is 0 Å². The molecule has 0 saturated heterocycles. The molecule has 0 amide bonds. The Labute approximate surface area is 98.3 Å². The average molecular weight is 249 g/mol. The lowest BCUT2D eigenvalue weighted by molar-refractivity contribution is -0.661. The third-order valence-corrected chi connectivity index (χ3v) is 2.64. The van der Waals surface area contributed by atoms with E-state index in [2.05, 4.69) is 4.74 Å². The standard InChI is InChI=1S/C10H11Cl2NO2/c1-15-10(14)6-13-5-7-2-3-8(11)9(12)4-7/h2-4,13H,5-6H2,1H3/p+1. The lowest BCUT2D eigenvalue weighted by atomic mass is 10.2. The molecule has 1 rings (SSSR count). The van der Waals surface area contributed by atoms with E-state index in [1.54, 1.807) is 12.1 Å². The van der Waals surface area contributed by atoms with Gasteiger partial charge in [-0.15, -0.1) is 0 Å². The molecule has 15 heavy (non-hydrogen) atoms. The summed E-state index contributed by atoms with van der Waals surface area (Å²) in [7, 11) is 1.37. The van der Waals surface area contributed by atoms with Crippen LogP contribution in [0.3, 0.4) is 0 Å². The van der Waals surface area contributed by atoms with Crippen LogP contribution >= 0.6 is 23.2 Å². The third kappa shape index (κ3) is 4.08. The number of benzene rings is 1. The van der Waals surface area contributed by atoms with Gasteiger partial charge in [0.2, 0.25) is 0 Å². The maximum atomic E-state index is 10.8. The van der Waals surface area contributed by atoms with Crippen LogP contribution in [0, 0.1) is 0 Å². The van der Waals surface area contributed by atoms with E-state index in [4.69, 9.17) is 23.2 Å². The summed E-state index contributed by atoms with van der Waals surface area (Å²) in [5, 5.41) is 2.90. The van der Waals surface area contributed by atoms with Gasteiger partial charge < -0.3 is 10.1 Å². The molecule has 0 aliphatic carbocycles. The van der Waals surface area contributed by atoms with Crippen LogP contribution in [0.25, 0.3) is 0 Å². The minimum atomic E-state index is -0.241. The fourth-order valence-electron chi connectivity index (χ4n) is 1.11. The first-order valence-electron chi connectivity index (χ1n) is 4.46. The molecule has 0 radical (unpaired) electrons. The molecule has 0 aromatic heterocycles. The molecular formula is C10H12Cl2NO2+. The Morgan fingerprint density at radius 1 is 1.40 bits per heavy atom. The van der Waals surface area contributed by atoms with Crippen molar-refractivity contribution < 1.29 is 14.8 Å². The van der Waals surface area contributed by atoms with Gasteiger partial charge in [-0.3, -0.25) is 0 Å². The zero-order valence-corrected chi connectivity index (χ0v) is 9.81. The van der Waals surface area contributed by atoms with Crippen molar-refractivity contribution in [2.45, 2.75) is 6.54 Å². The third-order valence-electron chi connectivity index (χ3n) is 1.90. The first-order chi connectivity index (χ1) is 7.13. The molecule has 0 fully saturated rings. The molecule has 82 valence electrons. The van der Waals surface area contributed by atoms with Gasteiger partial charge >= 0.3 is 5.97 Å². The van der Waals surface area contributed by atoms with E-state index in [-0.39, 0.29) is 5.97 Å². The van der Waals surface area contributed by atoms with Crippen molar-refractivity contribution in [3.63, 3.8) is 0 Å². The quantitative estimate of drug-likeness (QED) is 0.815. The highest BCUT2D eigenvalue weighted by atomic mass is 35.5. The highest BCUT2D eigenvalue weighted by Gasteiger charge is 2.04. The Kier molecular flexibility index (Phi) is 4.88. The van der Waals surface area contributed by atoms with Crippen LogP contribution in [0.5, 0.6) is 0 Å². The smallest absolute Gasteiger partial charge is 0.361 e. The zero-order valence-electron chi connectivity index (χ0n) is 8.30. The maximum absolute atomic E-state index is 10.8. The van der Waals surface area contributed by atoms with Gasteiger partial charge in [-0.25, -0.2) is 4.79 Å². The predicted molar refractivity (Wildman–Crippen MR) is 59.0 cm³/mol. The minimum Gasteiger partial charge on any atom is -0.465 e. The van der Waals surface area contributed by atoms with Crippen molar-refractivity contribution in [2.75, 3.05) is 13.7 Å². The van der Waals surface area contributed by atoms with Crippen molar-refractivity contribution in [1.29, 1.82) is 0 Å². The van der Waals surface area contributed by atoms with E-state index in [0.717, 1.165) is 5.56 Å². The highest BCUT2D eigenvalue weighted by molar-refractivity contribution is 6.41. The van der Waals surface area contributed by atoms with Gasteiger partial charge in [0.05, 0.1) is 17.2 Å². The molecule has 0 unspecified atom stereocenters. The number of carbonyl (C=O) groups is 1. The van der Waals surface area contributed by atoms with Crippen molar-refractivity contribution in [1.82, 2.24) is 0 Å². The fourth-order valence-corrected chi connectivity index (χ4v) is 1.43. The number of quaternary nitrogens is 1. The predicted octanol–water partition coefficient (Wildman–Crippen LogP) is 1.23. The number of nitrogens with two attached hydrogens (primary N) is 1. The molecule has 5 heteroatoms. The summed E-state index contributed by atoms with van der Waals surface area (Å²) in [6.45, 7) is 0.975. The lowest BCUT2D eigenvalue weighted by Gasteiger charge is -2.02. The summed E-state index contributed by atoms with van der Waals surface area (Å²) in [5.41, 5.74) is 1.02. The van der Waals surface area contributed by atoms with E-state index in [0.29, 0.717) is 23.1 Å². The Morgan fingerprint density at radius 2 is 2.13 bits per heavy atom. The number of hydrogen-bond acceptors (Lipinski definition) is 2. The van der Waals surface area contributed by atoms with Gasteiger partial charge in [-0.1, -0.05) is 29.3 Å². The van der Waals surface area contributed by atoms with Crippen LogP contribution in [0.15, 0.2) is 18.2 Å². The average Bonchev–Trinajstić information content (AvgIpc) is 2.23. The number of rotatable bonds is 4. The first kappa shape index (κ1) is 12.3. The zero-order chi connectivity index (χ0) is 11.3. The molecule has 0 spiro atoms. The van der Waals surface area contributed by atoms with E-state index >= 15 is 0 Å². The molecule has 2 N–H and O–H groups in total. The van der Waals surface area contributed by atoms with Crippen LogP contribution in [-0.2, 0) is 16.1 Å². The Morgan fingerprint density at radius 3 is 2.73 bits per heavy atom. The van der Waals surface area contributed by atoms with Gasteiger partial charge in [0, 0.05) is 5.56 Å². The van der Waals surface area contributed by atoms with Gasteiger partial charge in [0.15, 0.2) is 6.54 Å². The van der Waals surface area contributed by atoms with Crippen molar-refractivity contribution in [3.05, 3.63) is 33.8 Å². The summed E-state index contributed by atoms with van der Waals surface area (Å²) in [6.07, 6.45) is 0. The number of ether oxygens (including phenoxy) is 1. The van der Waals surface area contributed by atoms with Crippen molar-refractivity contribution in [2.24, 2.45) is 0 Å². The molecule has 0 heterocycles. The summed E-state index contributed by atoms with van der Waals surface area (Å²) in [6, 6.07) is 5.41. The molecule has 3 nitrogen and oxygen atoms in total. The Balaban J connectivity index is 2.44. The number of esters is 1.